The Morgan fingerprint density at radius 2 is 1.34 bits per heavy atom. The van der Waals surface area contributed by atoms with E-state index in [1.54, 1.807) is 0 Å². The van der Waals surface area contributed by atoms with Gasteiger partial charge in [0.25, 0.3) is 0 Å². The number of hydrogen-bond donors (Lipinski definition) is 0. The number of ether oxygens (including phenoxy) is 8. The third-order valence-corrected chi connectivity index (χ3v) is 4.18. The molecule has 0 radical (unpaired) electrons. The summed E-state index contributed by atoms with van der Waals surface area (Å²) in [5.41, 5.74) is 0. The van der Waals surface area contributed by atoms with Crippen LogP contribution in [0.15, 0.2) is 0 Å². The topological polar surface area (TPSA) is 125 Å². The van der Waals surface area contributed by atoms with E-state index >= 15 is 0 Å². The lowest BCUT2D eigenvalue weighted by molar-refractivity contribution is -0.267. The van der Waals surface area contributed by atoms with E-state index in [1.807, 2.05) is 6.92 Å². The molecule has 0 bridgehead atoms. The van der Waals surface area contributed by atoms with Gasteiger partial charge in [-0.2, -0.15) is 0 Å². The summed E-state index contributed by atoms with van der Waals surface area (Å²) in [7, 11) is 0. The fraction of sp³-hybridized carbons (Fsp3) is 0.857. The molecule has 1 saturated heterocycles. The molecular formula is C21H36O11. The molecule has 32 heavy (non-hydrogen) atoms. The summed E-state index contributed by atoms with van der Waals surface area (Å²) >= 11 is 0. The van der Waals surface area contributed by atoms with Gasteiger partial charge >= 0.3 is 17.9 Å². The molecule has 0 N–H and O–H groups in total. The highest BCUT2D eigenvalue weighted by molar-refractivity contribution is 5.67. The SMILES string of the molecule is CCCOCCOCCOCCOC1C[C@@H](OC(C)=O)[C@@H](OC(C)=O)[C@@H](COC(C)=O)O1. The Morgan fingerprint density at radius 3 is 1.88 bits per heavy atom. The molecule has 1 rings (SSSR count). The van der Waals surface area contributed by atoms with Gasteiger partial charge in [-0.05, 0) is 6.42 Å². The molecule has 0 saturated carbocycles. The summed E-state index contributed by atoms with van der Waals surface area (Å²) < 4.78 is 43.2. The Morgan fingerprint density at radius 1 is 0.781 bits per heavy atom. The smallest absolute Gasteiger partial charge is 0.303 e. The first-order chi connectivity index (χ1) is 15.3. The fourth-order valence-corrected chi connectivity index (χ4v) is 2.93. The lowest BCUT2D eigenvalue weighted by Gasteiger charge is -2.39. The molecule has 4 atom stereocenters. The molecule has 0 spiro atoms. The number of esters is 3. The first-order valence-corrected chi connectivity index (χ1v) is 10.8. The molecule has 1 aliphatic rings. The van der Waals surface area contributed by atoms with Crippen LogP contribution in [0.3, 0.4) is 0 Å². The highest BCUT2D eigenvalue weighted by atomic mass is 16.7. The van der Waals surface area contributed by atoms with Crippen LogP contribution in [0.4, 0.5) is 0 Å². The summed E-state index contributed by atoms with van der Waals surface area (Å²) in [6.07, 6.45) is -2.22. The molecule has 1 fully saturated rings. The van der Waals surface area contributed by atoms with Crippen LogP contribution in [0.2, 0.25) is 0 Å². The predicted molar refractivity (Wildman–Crippen MR) is 110 cm³/mol. The first-order valence-electron chi connectivity index (χ1n) is 10.8. The highest BCUT2D eigenvalue weighted by Crippen LogP contribution is 2.27. The van der Waals surface area contributed by atoms with E-state index in [0.29, 0.717) is 33.0 Å². The Balaban J connectivity index is 2.43. The van der Waals surface area contributed by atoms with Gasteiger partial charge in [0.05, 0.1) is 39.6 Å². The van der Waals surface area contributed by atoms with Crippen LogP contribution in [0.25, 0.3) is 0 Å². The lowest BCUT2D eigenvalue weighted by atomic mass is 10.0. The van der Waals surface area contributed by atoms with Crippen LogP contribution >= 0.6 is 0 Å². The zero-order valence-electron chi connectivity index (χ0n) is 19.4. The van der Waals surface area contributed by atoms with Crippen molar-refractivity contribution in [2.75, 3.05) is 52.9 Å². The van der Waals surface area contributed by atoms with E-state index < -0.39 is 42.5 Å². The maximum atomic E-state index is 11.5. The molecule has 0 aromatic rings. The quantitative estimate of drug-likeness (QED) is 0.184. The highest BCUT2D eigenvalue weighted by Gasteiger charge is 2.44. The number of rotatable bonds is 16. The van der Waals surface area contributed by atoms with Gasteiger partial charge in [-0.1, -0.05) is 6.92 Å². The summed E-state index contributed by atoms with van der Waals surface area (Å²) in [4.78, 5) is 34.2. The third-order valence-electron chi connectivity index (χ3n) is 4.18. The zero-order chi connectivity index (χ0) is 23.8. The molecule has 0 amide bonds. The molecule has 1 unspecified atom stereocenters. The van der Waals surface area contributed by atoms with E-state index in [4.69, 9.17) is 37.9 Å². The minimum atomic E-state index is -0.926. The number of hydrogen-bond acceptors (Lipinski definition) is 11. The molecule has 0 aliphatic carbocycles. The molecule has 1 heterocycles. The van der Waals surface area contributed by atoms with Gasteiger partial charge in [0.1, 0.15) is 18.8 Å². The van der Waals surface area contributed by atoms with Crippen molar-refractivity contribution >= 4 is 17.9 Å². The maximum absolute atomic E-state index is 11.5. The number of carbonyl (C=O) groups excluding carboxylic acids is 3. The number of carbonyl (C=O) groups is 3. The first kappa shape index (κ1) is 28.2. The van der Waals surface area contributed by atoms with E-state index in [-0.39, 0.29) is 19.6 Å². The van der Waals surface area contributed by atoms with Crippen molar-refractivity contribution in [2.45, 2.75) is 65.1 Å². The predicted octanol–water partition coefficient (Wildman–Crippen LogP) is 1.00. The maximum Gasteiger partial charge on any atom is 0.303 e. The summed E-state index contributed by atoms with van der Waals surface area (Å²) in [5.74, 6) is -1.63. The van der Waals surface area contributed by atoms with Crippen LogP contribution in [0.1, 0.15) is 40.5 Å². The van der Waals surface area contributed by atoms with Gasteiger partial charge < -0.3 is 37.9 Å². The Labute approximate surface area is 188 Å². The van der Waals surface area contributed by atoms with Gasteiger partial charge in [-0.15, -0.1) is 0 Å². The molecule has 186 valence electrons. The lowest BCUT2D eigenvalue weighted by Crippen LogP contribution is -2.54. The minimum Gasteiger partial charge on any atom is -0.463 e. The monoisotopic (exact) mass is 464 g/mol. The minimum absolute atomic E-state index is 0.148. The average molecular weight is 465 g/mol. The summed E-state index contributed by atoms with van der Waals surface area (Å²) in [6, 6.07) is 0. The Kier molecular flexibility index (Phi) is 14.8. The zero-order valence-corrected chi connectivity index (χ0v) is 19.4. The van der Waals surface area contributed by atoms with Crippen LogP contribution in [0.5, 0.6) is 0 Å². The molecule has 11 heteroatoms. The van der Waals surface area contributed by atoms with Crippen molar-refractivity contribution in [3.63, 3.8) is 0 Å². The fourth-order valence-electron chi connectivity index (χ4n) is 2.93. The van der Waals surface area contributed by atoms with E-state index in [1.165, 1.54) is 20.8 Å². The van der Waals surface area contributed by atoms with Gasteiger partial charge in [0, 0.05) is 33.8 Å². The summed E-state index contributed by atoms with van der Waals surface area (Å²) in [6.45, 7) is 8.76. The van der Waals surface area contributed by atoms with Crippen LogP contribution in [-0.4, -0.2) is 95.4 Å². The second-order valence-electron chi connectivity index (χ2n) is 7.07. The molecule has 11 nitrogen and oxygen atoms in total. The largest absolute Gasteiger partial charge is 0.463 e. The van der Waals surface area contributed by atoms with Crippen molar-refractivity contribution < 1.29 is 52.3 Å². The van der Waals surface area contributed by atoms with Crippen molar-refractivity contribution in [3.05, 3.63) is 0 Å². The average Bonchev–Trinajstić information content (AvgIpc) is 2.71. The second kappa shape index (κ2) is 16.8. The second-order valence-corrected chi connectivity index (χ2v) is 7.07. The summed E-state index contributed by atoms with van der Waals surface area (Å²) in [5, 5.41) is 0. The third kappa shape index (κ3) is 12.9. The van der Waals surface area contributed by atoms with Crippen LogP contribution in [-0.2, 0) is 52.3 Å². The standard InChI is InChI=1S/C21H36O11/c1-5-6-25-7-8-26-9-10-27-11-12-28-20-13-18(30-16(3)23)21(31-17(4)24)19(32-20)14-29-15(2)22/h18-21H,5-14H2,1-4H3/t18-,19-,20?,21-/m1/s1. The van der Waals surface area contributed by atoms with Crippen LogP contribution in [0, 0.1) is 0 Å². The van der Waals surface area contributed by atoms with Gasteiger partial charge in [0.15, 0.2) is 12.4 Å². The van der Waals surface area contributed by atoms with Gasteiger partial charge in [-0.3, -0.25) is 14.4 Å². The Bertz CT molecular complexity index is 554. The normalized spacial score (nSPS) is 22.9. The van der Waals surface area contributed by atoms with E-state index in [0.717, 1.165) is 13.0 Å². The van der Waals surface area contributed by atoms with Crippen molar-refractivity contribution in [1.82, 2.24) is 0 Å². The van der Waals surface area contributed by atoms with Crippen molar-refractivity contribution in [3.8, 4) is 0 Å². The van der Waals surface area contributed by atoms with Gasteiger partial charge in [-0.25, -0.2) is 0 Å². The van der Waals surface area contributed by atoms with Crippen molar-refractivity contribution in [2.24, 2.45) is 0 Å². The van der Waals surface area contributed by atoms with Gasteiger partial charge in [0.2, 0.25) is 0 Å². The van der Waals surface area contributed by atoms with E-state index in [9.17, 15) is 14.4 Å². The van der Waals surface area contributed by atoms with Crippen LogP contribution < -0.4 is 0 Å². The Hall–Kier alpha value is -1.79. The molecular weight excluding hydrogens is 428 g/mol. The molecule has 0 aromatic heterocycles. The molecule has 1 aliphatic heterocycles. The van der Waals surface area contributed by atoms with Crippen molar-refractivity contribution in [1.29, 1.82) is 0 Å². The molecule has 0 aromatic carbocycles. The van der Waals surface area contributed by atoms with E-state index in [2.05, 4.69) is 0 Å².